The van der Waals surface area contributed by atoms with Gasteiger partial charge >= 0.3 is 0 Å². The van der Waals surface area contributed by atoms with Gasteiger partial charge in [0.1, 0.15) is 5.75 Å². The summed E-state index contributed by atoms with van der Waals surface area (Å²) in [7, 11) is 0. The molecule has 0 bridgehead atoms. The van der Waals surface area contributed by atoms with Crippen LogP contribution in [-0.2, 0) is 19.4 Å². The molecule has 0 amide bonds. The molecule has 0 aliphatic carbocycles. The molecule has 2 aliphatic rings. The second kappa shape index (κ2) is 9.50. The van der Waals surface area contributed by atoms with Gasteiger partial charge in [0.15, 0.2) is 5.96 Å². The Labute approximate surface area is 173 Å². The molecule has 2 N–H and O–H groups in total. The van der Waals surface area contributed by atoms with Crippen LogP contribution in [0.1, 0.15) is 23.6 Å². The molecule has 5 heteroatoms. The monoisotopic (exact) mass is 390 g/mol. The summed E-state index contributed by atoms with van der Waals surface area (Å²) < 4.78 is 5.59. The van der Waals surface area contributed by atoms with Crippen LogP contribution in [-0.4, -0.2) is 38.7 Å². The van der Waals surface area contributed by atoms with Crippen molar-refractivity contribution in [3.63, 3.8) is 0 Å². The average Bonchev–Trinajstić information content (AvgIpc) is 3.44. The van der Waals surface area contributed by atoms with Gasteiger partial charge in [0.05, 0.1) is 13.2 Å². The summed E-state index contributed by atoms with van der Waals surface area (Å²) in [6.45, 7) is 7.28. The molecule has 0 fully saturated rings. The van der Waals surface area contributed by atoms with Gasteiger partial charge in [-0.05, 0) is 48.2 Å². The number of benzene rings is 2. The number of aliphatic imine (C=N–C) groups is 1. The number of ether oxygens (including phenoxy) is 1. The van der Waals surface area contributed by atoms with Gasteiger partial charge in [-0.15, -0.1) is 0 Å². The van der Waals surface area contributed by atoms with Gasteiger partial charge < -0.3 is 20.3 Å². The molecule has 2 heterocycles. The van der Waals surface area contributed by atoms with Gasteiger partial charge in [-0.3, -0.25) is 0 Å². The minimum atomic E-state index is 0.671. The lowest BCUT2D eigenvalue weighted by Crippen LogP contribution is -2.38. The van der Waals surface area contributed by atoms with E-state index in [-0.39, 0.29) is 0 Å². The van der Waals surface area contributed by atoms with Crippen molar-refractivity contribution in [1.82, 2.24) is 10.6 Å². The molecule has 2 aromatic rings. The van der Waals surface area contributed by atoms with E-state index in [1.54, 1.807) is 0 Å². The Kier molecular flexibility index (Phi) is 6.35. The minimum Gasteiger partial charge on any atom is -0.493 e. The third-order valence-corrected chi connectivity index (χ3v) is 5.34. The van der Waals surface area contributed by atoms with E-state index in [0.29, 0.717) is 6.54 Å². The maximum atomic E-state index is 5.59. The van der Waals surface area contributed by atoms with Crippen molar-refractivity contribution in [1.29, 1.82) is 0 Å². The predicted molar refractivity (Wildman–Crippen MR) is 120 cm³/mol. The first-order chi connectivity index (χ1) is 14.3. The standard InChI is InChI=1S/C24H30N4O/c1-2-25-24(26-13-11-19-7-10-23-21(17-19)12-16-29-23)27-18-20-5-8-22(9-6-20)28-14-3-4-15-28/h3-10,17H,2,11-16,18H2,1H3,(H2,25,26,27). The Bertz CT molecular complexity index is 865. The van der Waals surface area contributed by atoms with Crippen LogP contribution >= 0.6 is 0 Å². The number of fused-ring (bicyclic) bond motifs is 1. The van der Waals surface area contributed by atoms with Gasteiger partial charge in [-0.25, -0.2) is 4.99 Å². The number of anilines is 1. The first-order valence-corrected chi connectivity index (χ1v) is 10.6. The van der Waals surface area contributed by atoms with Crippen LogP contribution in [0, 0.1) is 0 Å². The molecule has 0 radical (unpaired) electrons. The van der Waals surface area contributed by atoms with Gasteiger partial charge in [0.2, 0.25) is 0 Å². The summed E-state index contributed by atoms with van der Waals surface area (Å²) in [6.07, 6.45) is 6.41. The lowest BCUT2D eigenvalue weighted by molar-refractivity contribution is 0.357. The highest BCUT2D eigenvalue weighted by Crippen LogP contribution is 2.25. The fourth-order valence-electron chi connectivity index (χ4n) is 3.73. The van der Waals surface area contributed by atoms with Crippen molar-refractivity contribution in [2.24, 2.45) is 4.99 Å². The highest BCUT2D eigenvalue weighted by molar-refractivity contribution is 5.79. The van der Waals surface area contributed by atoms with Crippen molar-refractivity contribution in [3.8, 4) is 5.75 Å². The Morgan fingerprint density at radius 1 is 1.03 bits per heavy atom. The lowest BCUT2D eigenvalue weighted by Gasteiger charge is -2.17. The SMILES string of the molecule is CCNC(=NCc1ccc(N2CC=CC2)cc1)NCCc1ccc2c(c1)CCO2. The van der Waals surface area contributed by atoms with Gasteiger partial charge in [-0.2, -0.15) is 0 Å². The van der Waals surface area contributed by atoms with Crippen LogP contribution in [0.25, 0.3) is 0 Å². The number of hydrogen-bond acceptors (Lipinski definition) is 3. The summed E-state index contributed by atoms with van der Waals surface area (Å²) >= 11 is 0. The molecular weight excluding hydrogens is 360 g/mol. The molecule has 0 spiro atoms. The van der Waals surface area contributed by atoms with Crippen molar-refractivity contribution in [2.45, 2.75) is 26.3 Å². The first kappa shape index (κ1) is 19.4. The van der Waals surface area contributed by atoms with Crippen molar-refractivity contribution in [3.05, 3.63) is 71.3 Å². The zero-order valence-electron chi connectivity index (χ0n) is 17.2. The highest BCUT2D eigenvalue weighted by atomic mass is 16.5. The molecule has 4 rings (SSSR count). The molecular formula is C24H30N4O. The fraction of sp³-hybridized carbons (Fsp3) is 0.375. The third kappa shape index (κ3) is 5.11. The smallest absolute Gasteiger partial charge is 0.191 e. The van der Waals surface area contributed by atoms with Crippen LogP contribution in [0.15, 0.2) is 59.6 Å². The van der Waals surface area contributed by atoms with Crippen molar-refractivity contribution >= 4 is 11.6 Å². The number of nitrogens with one attached hydrogen (secondary N) is 2. The van der Waals surface area contributed by atoms with Gasteiger partial charge in [0.25, 0.3) is 0 Å². The molecule has 0 saturated carbocycles. The highest BCUT2D eigenvalue weighted by Gasteiger charge is 2.12. The Hall–Kier alpha value is -2.95. The van der Waals surface area contributed by atoms with E-state index in [1.165, 1.54) is 22.4 Å². The van der Waals surface area contributed by atoms with Gasteiger partial charge in [-0.1, -0.05) is 36.4 Å². The summed E-state index contributed by atoms with van der Waals surface area (Å²) in [5, 5.41) is 6.79. The van der Waals surface area contributed by atoms with Crippen molar-refractivity contribution in [2.75, 3.05) is 37.7 Å². The molecule has 0 aromatic heterocycles. The Balaban J connectivity index is 1.29. The average molecular weight is 391 g/mol. The van der Waals surface area contributed by atoms with Crippen LogP contribution in [0.2, 0.25) is 0 Å². The lowest BCUT2D eigenvalue weighted by atomic mass is 10.1. The van der Waals surface area contributed by atoms with Crippen LogP contribution < -0.4 is 20.3 Å². The second-order valence-electron chi connectivity index (χ2n) is 7.46. The molecule has 0 atom stereocenters. The Morgan fingerprint density at radius 3 is 2.62 bits per heavy atom. The topological polar surface area (TPSA) is 48.9 Å². The maximum absolute atomic E-state index is 5.59. The Morgan fingerprint density at radius 2 is 1.83 bits per heavy atom. The van der Waals surface area contributed by atoms with Crippen LogP contribution in [0.5, 0.6) is 5.75 Å². The molecule has 0 unspecified atom stereocenters. The molecule has 29 heavy (non-hydrogen) atoms. The van der Waals surface area contributed by atoms with Crippen molar-refractivity contribution < 1.29 is 4.74 Å². The predicted octanol–water partition coefficient (Wildman–Crippen LogP) is 3.30. The zero-order chi connectivity index (χ0) is 19.9. The van der Waals surface area contributed by atoms with E-state index in [4.69, 9.17) is 9.73 Å². The second-order valence-corrected chi connectivity index (χ2v) is 7.46. The number of hydrogen-bond donors (Lipinski definition) is 2. The number of nitrogens with zero attached hydrogens (tertiary/aromatic N) is 2. The normalized spacial score (nSPS) is 15.3. The van der Waals surface area contributed by atoms with E-state index in [0.717, 1.165) is 57.3 Å². The largest absolute Gasteiger partial charge is 0.493 e. The summed E-state index contributed by atoms with van der Waals surface area (Å²) in [6, 6.07) is 15.3. The van der Waals surface area contributed by atoms with E-state index in [1.807, 2.05) is 0 Å². The summed E-state index contributed by atoms with van der Waals surface area (Å²) in [4.78, 5) is 7.10. The summed E-state index contributed by atoms with van der Waals surface area (Å²) in [5.41, 5.74) is 5.16. The summed E-state index contributed by atoms with van der Waals surface area (Å²) in [5.74, 6) is 1.91. The minimum absolute atomic E-state index is 0.671. The third-order valence-electron chi connectivity index (χ3n) is 5.34. The van der Waals surface area contributed by atoms with Crippen LogP contribution in [0.4, 0.5) is 5.69 Å². The van der Waals surface area contributed by atoms with Crippen LogP contribution in [0.3, 0.4) is 0 Å². The first-order valence-electron chi connectivity index (χ1n) is 10.6. The zero-order valence-corrected chi connectivity index (χ0v) is 17.2. The van der Waals surface area contributed by atoms with E-state index < -0.39 is 0 Å². The van der Waals surface area contributed by atoms with Gasteiger partial charge in [0, 0.05) is 38.3 Å². The number of rotatable bonds is 7. The molecule has 5 nitrogen and oxygen atoms in total. The molecule has 2 aromatic carbocycles. The van der Waals surface area contributed by atoms with E-state index in [2.05, 4.69) is 77.1 Å². The molecule has 0 saturated heterocycles. The fourth-order valence-corrected chi connectivity index (χ4v) is 3.73. The molecule has 2 aliphatic heterocycles. The molecule has 152 valence electrons. The maximum Gasteiger partial charge on any atom is 0.191 e. The van der Waals surface area contributed by atoms with E-state index >= 15 is 0 Å². The quantitative estimate of drug-likeness (QED) is 0.433. The van der Waals surface area contributed by atoms with E-state index in [9.17, 15) is 0 Å². The number of guanidine groups is 1.